The van der Waals surface area contributed by atoms with Crippen LogP contribution in [0, 0.1) is 13.8 Å². The molecule has 0 aliphatic carbocycles. The third kappa shape index (κ3) is 3.76. The predicted octanol–water partition coefficient (Wildman–Crippen LogP) is 7.47. The minimum Gasteiger partial charge on any atom is -0.351 e. The number of aromatic nitrogens is 2. The molecule has 0 spiro atoms. The summed E-state index contributed by atoms with van der Waals surface area (Å²) < 4.78 is 2.36. The monoisotopic (exact) mass is 508 g/mol. The van der Waals surface area contributed by atoms with E-state index in [1.807, 2.05) is 42.6 Å². The first-order valence-corrected chi connectivity index (χ1v) is 12.7. The van der Waals surface area contributed by atoms with Crippen molar-refractivity contribution in [2.45, 2.75) is 25.9 Å². The molecule has 1 aliphatic heterocycles. The Hall–Kier alpha value is -3.67. The van der Waals surface area contributed by atoms with Gasteiger partial charge in [0, 0.05) is 33.7 Å². The molecule has 1 fully saturated rings. The zero-order chi connectivity index (χ0) is 24.8. The second-order valence-electron chi connectivity index (χ2n) is 9.13. The molecule has 3 aromatic carbocycles. The fourth-order valence-electron chi connectivity index (χ4n) is 5.41. The number of aryl methyl sites for hydroxylation is 1. The molecule has 6 heteroatoms. The van der Waals surface area contributed by atoms with E-state index in [2.05, 4.69) is 83.2 Å². The minimum atomic E-state index is -0.101. The fraction of sp³-hybridized carbons (Fsp3) is 0.133. The summed E-state index contributed by atoms with van der Waals surface area (Å²) in [7, 11) is 0. The van der Waals surface area contributed by atoms with Gasteiger partial charge in [-0.25, -0.2) is 0 Å². The van der Waals surface area contributed by atoms with Crippen molar-refractivity contribution in [3.8, 4) is 5.69 Å². The number of pyridine rings is 1. The summed E-state index contributed by atoms with van der Waals surface area (Å²) in [6.45, 7) is 4.36. The number of anilines is 1. The van der Waals surface area contributed by atoms with E-state index in [0.717, 1.165) is 11.4 Å². The summed E-state index contributed by atoms with van der Waals surface area (Å²) in [6.07, 6.45) is 1.83. The lowest BCUT2D eigenvalue weighted by atomic mass is 9.96. The third-order valence-electron chi connectivity index (χ3n) is 7.00. The van der Waals surface area contributed by atoms with E-state index in [-0.39, 0.29) is 12.1 Å². The van der Waals surface area contributed by atoms with E-state index in [9.17, 15) is 0 Å². The minimum absolute atomic E-state index is 0.0801. The molecular weight excluding hydrogens is 484 g/mol. The molecule has 2 aromatic heterocycles. The van der Waals surface area contributed by atoms with E-state index in [1.165, 1.54) is 33.4 Å². The highest BCUT2D eigenvalue weighted by Crippen LogP contribution is 2.44. The Morgan fingerprint density at radius 1 is 0.889 bits per heavy atom. The Morgan fingerprint density at radius 2 is 1.64 bits per heavy atom. The van der Waals surface area contributed by atoms with Gasteiger partial charge in [0.2, 0.25) is 0 Å². The van der Waals surface area contributed by atoms with Gasteiger partial charge in [0.25, 0.3) is 0 Å². The van der Waals surface area contributed by atoms with Gasteiger partial charge in [-0.3, -0.25) is 4.98 Å². The molecule has 6 rings (SSSR count). The first kappa shape index (κ1) is 22.8. The summed E-state index contributed by atoms with van der Waals surface area (Å²) >= 11 is 12.1. The average molecular weight is 509 g/mol. The molecule has 178 valence electrons. The summed E-state index contributed by atoms with van der Waals surface area (Å²) in [5, 5.41) is 7.38. The van der Waals surface area contributed by atoms with E-state index < -0.39 is 0 Å². The molecule has 4 nitrogen and oxygen atoms in total. The van der Waals surface area contributed by atoms with Gasteiger partial charge in [0.1, 0.15) is 0 Å². The molecule has 0 saturated carbocycles. The molecule has 0 amide bonds. The van der Waals surface area contributed by atoms with Crippen LogP contribution >= 0.6 is 23.8 Å². The largest absolute Gasteiger partial charge is 0.351 e. The van der Waals surface area contributed by atoms with Crippen LogP contribution < -0.4 is 10.2 Å². The van der Waals surface area contributed by atoms with Gasteiger partial charge in [-0.05, 0) is 85.5 Å². The van der Waals surface area contributed by atoms with Crippen molar-refractivity contribution in [3.05, 3.63) is 125 Å². The van der Waals surface area contributed by atoms with Gasteiger partial charge < -0.3 is 14.8 Å². The maximum atomic E-state index is 6.22. The Balaban J connectivity index is 1.55. The van der Waals surface area contributed by atoms with Crippen LogP contribution in [0.5, 0.6) is 0 Å². The van der Waals surface area contributed by atoms with Gasteiger partial charge >= 0.3 is 0 Å². The number of benzene rings is 3. The standard InChI is InChI=1S/C30H25ClN4S/c1-19-18-25(20(2)34(19)27-12-7-9-21-8-3-4-10-24(21)27)29-28(26-11-5-6-17-32-26)33-30(36)35(29)23-15-13-22(31)14-16-23/h3-18,28-29H,1-2H3,(H,33,36)/t28-,29-/m1/s1. The van der Waals surface area contributed by atoms with Crippen molar-refractivity contribution in [3.63, 3.8) is 0 Å². The molecule has 5 aromatic rings. The highest BCUT2D eigenvalue weighted by atomic mass is 35.5. The highest BCUT2D eigenvalue weighted by Gasteiger charge is 2.42. The Labute approximate surface area is 221 Å². The maximum absolute atomic E-state index is 6.22. The molecule has 1 aliphatic rings. The summed E-state index contributed by atoms with van der Waals surface area (Å²) in [6, 6.07) is 31.0. The molecule has 3 heterocycles. The smallest absolute Gasteiger partial charge is 0.174 e. The van der Waals surface area contributed by atoms with Crippen LogP contribution in [0.4, 0.5) is 5.69 Å². The second-order valence-corrected chi connectivity index (χ2v) is 9.96. The lowest BCUT2D eigenvalue weighted by Gasteiger charge is -2.28. The number of fused-ring (bicyclic) bond motifs is 1. The number of halogens is 1. The number of nitrogens with one attached hydrogen (secondary N) is 1. The van der Waals surface area contributed by atoms with Crippen LogP contribution in [0.15, 0.2) is 97.2 Å². The van der Waals surface area contributed by atoms with Gasteiger partial charge in [0.15, 0.2) is 5.11 Å². The van der Waals surface area contributed by atoms with Crippen molar-refractivity contribution in [1.82, 2.24) is 14.9 Å². The number of rotatable bonds is 4. The number of nitrogens with zero attached hydrogens (tertiary/aromatic N) is 3. The number of hydrogen-bond donors (Lipinski definition) is 1. The van der Waals surface area contributed by atoms with E-state index in [1.54, 1.807) is 0 Å². The van der Waals surface area contributed by atoms with E-state index in [0.29, 0.717) is 10.1 Å². The zero-order valence-corrected chi connectivity index (χ0v) is 21.6. The van der Waals surface area contributed by atoms with Crippen LogP contribution in [0.1, 0.15) is 34.7 Å². The third-order valence-corrected chi connectivity index (χ3v) is 7.57. The molecule has 0 unspecified atom stereocenters. The van der Waals surface area contributed by atoms with Crippen LogP contribution in [-0.2, 0) is 0 Å². The first-order chi connectivity index (χ1) is 17.5. The molecule has 2 atom stereocenters. The van der Waals surface area contributed by atoms with Crippen LogP contribution in [-0.4, -0.2) is 14.7 Å². The van der Waals surface area contributed by atoms with Crippen LogP contribution in [0.25, 0.3) is 16.5 Å². The van der Waals surface area contributed by atoms with Gasteiger partial charge in [-0.1, -0.05) is 54.1 Å². The second kappa shape index (κ2) is 9.08. The topological polar surface area (TPSA) is 33.1 Å². The zero-order valence-electron chi connectivity index (χ0n) is 20.0. The van der Waals surface area contributed by atoms with Gasteiger partial charge in [-0.15, -0.1) is 0 Å². The summed E-state index contributed by atoms with van der Waals surface area (Å²) in [5.41, 5.74) is 6.69. The van der Waals surface area contributed by atoms with Crippen molar-refractivity contribution in [1.29, 1.82) is 0 Å². The molecule has 0 bridgehead atoms. The summed E-state index contributed by atoms with van der Waals surface area (Å²) in [5.74, 6) is 0. The molecular formula is C30H25ClN4S. The lowest BCUT2D eigenvalue weighted by Crippen LogP contribution is -2.29. The fourth-order valence-corrected chi connectivity index (χ4v) is 5.88. The Morgan fingerprint density at radius 3 is 2.42 bits per heavy atom. The average Bonchev–Trinajstić information content (AvgIpc) is 3.39. The van der Waals surface area contributed by atoms with Gasteiger partial charge in [-0.2, -0.15) is 0 Å². The molecule has 0 radical (unpaired) electrons. The quantitative estimate of drug-likeness (QED) is 0.255. The predicted molar refractivity (Wildman–Crippen MR) is 152 cm³/mol. The highest BCUT2D eigenvalue weighted by molar-refractivity contribution is 7.80. The van der Waals surface area contributed by atoms with Crippen molar-refractivity contribution >= 4 is 45.4 Å². The maximum Gasteiger partial charge on any atom is 0.174 e. The van der Waals surface area contributed by atoms with Crippen LogP contribution in [0.3, 0.4) is 0 Å². The lowest BCUT2D eigenvalue weighted by molar-refractivity contribution is 0.565. The Bertz CT molecular complexity index is 1570. The van der Waals surface area contributed by atoms with Crippen molar-refractivity contribution in [2.75, 3.05) is 4.90 Å². The molecule has 1 N–H and O–H groups in total. The number of hydrogen-bond acceptors (Lipinski definition) is 2. The van der Waals surface area contributed by atoms with Crippen molar-refractivity contribution in [2.24, 2.45) is 0 Å². The van der Waals surface area contributed by atoms with E-state index in [4.69, 9.17) is 28.8 Å². The SMILES string of the molecule is Cc1cc([C@@H]2[C@@H](c3ccccn3)NC(=S)N2c2ccc(Cl)cc2)c(C)n1-c1cccc2ccccc12. The molecule has 36 heavy (non-hydrogen) atoms. The molecule has 1 saturated heterocycles. The normalized spacial score (nSPS) is 17.5. The Kier molecular flexibility index (Phi) is 5.75. The summed E-state index contributed by atoms with van der Waals surface area (Å²) in [4.78, 5) is 6.89. The number of thiocarbonyl (C=S) groups is 1. The first-order valence-electron chi connectivity index (χ1n) is 12.0. The van der Waals surface area contributed by atoms with Crippen LogP contribution in [0.2, 0.25) is 5.02 Å². The van der Waals surface area contributed by atoms with Crippen molar-refractivity contribution < 1.29 is 0 Å². The van der Waals surface area contributed by atoms with E-state index >= 15 is 0 Å². The van der Waals surface area contributed by atoms with Gasteiger partial charge in [0.05, 0.1) is 23.5 Å².